The van der Waals surface area contributed by atoms with Crippen molar-refractivity contribution in [2.45, 2.75) is 33.1 Å². The van der Waals surface area contributed by atoms with Crippen LogP contribution < -0.4 is 0 Å². The number of hydrogen-bond donors (Lipinski definition) is 0. The molecule has 0 heterocycles. The third kappa shape index (κ3) is 1.11. The van der Waals surface area contributed by atoms with Gasteiger partial charge < -0.3 is 4.74 Å². The van der Waals surface area contributed by atoms with Crippen LogP contribution in [0.1, 0.15) is 33.1 Å². The van der Waals surface area contributed by atoms with Gasteiger partial charge in [-0.15, -0.1) is 0 Å². The molecule has 2 bridgehead atoms. The highest BCUT2D eigenvalue weighted by Gasteiger charge is 2.56. The van der Waals surface area contributed by atoms with E-state index in [1.807, 2.05) is 0 Å². The van der Waals surface area contributed by atoms with Crippen LogP contribution in [-0.2, 0) is 9.53 Å². The van der Waals surface area contributed by atoms with E-state index >= 15 is 0 Å². The maximum Gasteiger partial charge on any atom is 0.309 e. The second kappa shape index (κ2) is 2.73. The number of esters is 1. The lowest BCUT2D eigenvalue weighted by Crippen LogP contribution is -2.36. The smallest absolute Gasteiger partial charge is 0.309 e. The molecule has 0 aromatic carbocycles. The molecule has 3 atom stereocenters. The molecule has 0 aromatic rings. The van der Waals surface area contributed by atoms with Gasteiger partial charge in [0.2, 0.25) is 0 Å². The fourth-order valence-electron chi connectivity index (χ4n) is 3.48. The number of ether oxygens (including phenoxy) is 1. The molecule has 2 nitrogen and oxygen atoms in total. The van der Waals surface area contributed by atoms with Crippen molar-refractivity contribution in [3.63, 3.8) is 0 Å². The van der Waals surface area contributed by atoms with Crippen LogP contribution in [0.5, 0.6) is 0 Å². The Labute approximate surface area is 79.7 Å². The van der Waals surface area contributed by atoms with E-state index in [9.17, 15) is 4.79 Å². The van der Waals surface area contributed by atoms with Crippen molar-refractivity contribution in [1.29, 1.82) is 0 Å². The van der Waals surface area contributed by atoms with Gasteiger partial charge >= 0.3 is 5.97 Å². The van der Waals surface area contributed by atoms with Crippen LogP contribution in [0.2, 0.25) is 0 Å². The molecule has 0 aliphatic heterocycles. The fraction of sp³-hybridized carbons (Fsp3) is 0.909. The van der Waals surface area contributed by atoms with E-state index in [4.69, 9.17) is 4.74 Å². The predicted octanol–water partition coefficient (Wildman–Crippen LogP) is 2.23. The molecule has 0 N–H and O–H groups in total. The number of rotatable bonds is 1. The van der Waals surface area contributed by atoms with Crippen molar-refractivity contribution in [3.05, 3.63) is 0 Å². The van der Waals surface area contributed by atoms with E-state index < -0.39 is 0 Å². The number of hydrogen-bond acceptors (Lipinski definition) is 2. The van der Waals surface area contributed by atoms with E-state index in [-0.39, 0.29) is 17.3 Å². The second-order valence-corrected chi connectivity index (χ2v) is 5.09. The SMILES string of the molecule is COC(=O)C1C2CCC(C2)C1(C)C. The first-order chi connectivity index (χ1) is 6.07. The van der Waals surface area contributed by atoms with Crippen LogP contribution >= 0.6 is 0 Å². The summed E-state index contributed by atoms with van der Waals surface area (Å²) in [5, 5.41) is 0. The normalized spacial score (nSPS) is 40.7. The summed E-state index contributed by atoms with van der Waals surface area (Å²) < 4.78 is 4.88. The quantitative estimate of drug-likeness (QED) is 0.581. The highest BCUT2D eigenvalue weighted by atomic mass is 16.5. The average molecular weight is 182 g/mol. The van der Waals surface area contributed by atoms with Gasteiger partial charge in [0.25, 0.3) is 0 Å². The van der Waals surface area contributed by atoms with E-state index in [1.165, 1.54) is 26.4 Å². The molecule has 0 saturated heterocycles. The number of carbonyl (C=O) groups is 1. The number of methoxy groups -OCH3 is 1. The average Bonchev–Trinajstić information content (AvgIpc) is 2.60. The van der Waals surface area contributed by atoms with Crippen LogP contribution in [-0.4, -0.2) is 13.1 Å². The highest BCUT2D eigenvalue weighted by molar-refractivity contribution is 5.74. The summed E-state index contributed by atoms with van der Waals surface area (Å²) in [5.41, 5.74) is 0.177. The first kappa shape index (κ1) is 9.04. The zero-order valence-electron chi connectivity index (χ0n) is 8.67. The van der Waals surface area contributed by atoms with Crippen LogP contribution in [0.3, 0.4) is 0 Å². The van der Waals surface area contributed by atoms with E-state index in [2.05, 4.69) is 13.8 Å². The molecular weight excluding hydrogens is 164 g/mol. The van der Waals surface area contributed by atoms with Crippen LogP contribution in [0.25, 0.3) is 0 Å². The molecule has 3 unspecified atom stereocenters. The molecule has 2 aliphatic carbocycles. The third-order valence-electron chi connectivity index (χ3n) is 4.25. The molecule has 0 spiro atoms. The molecule has 13 heavy (non-hydrogen) atoms. The minimum Gasteiger partial charge on any atom is -0.469 e. The van der Waals surface area contributed by atoms with Crippen molar-refractivity contribution in [3.8, 4) is 0 Å². The second-order valence-electron chi connectivity index (χ2n) is 5.09. The Morgan fingerprint density at radius 2 is 2.08 bits per heavy atom. The predicted molar refractivity (Wildman–Crippen MR) is 50.1 cm³/mol. The topological polar surface area (TPSA) is 26.3 Å². The van der Waals surface area contributed by atoms with Crippen LogP contribution in [0, 0.1) is 23.2 Å². The first-order valence-corrected chi connectivity index (χ1v) is 5.15. The molecule has 2 heteroatoms. The molecule has 0 aromatic heterocycles. The van der Waals surface area contributed by atoms with Gasteiger partial charge in [0, 0.05) is 0 Å². The first-order valence-electron chi connectivity index (χ1n) is 5.15. The standard InChI is InChI=1S/C11H18O2/c1-11(2)8-5-4-7(6-8)9(11)10(12)13-3/h7-9H,4-6H2,1-3H3. The molecule has 74 valence electrons. The summed E-state index contributed by atoms with van der Waals surface area (Å²) in [6.45, 7) is 4.44. The van der Waals surface area contributed by atoms with Gasteiger partial charge in [-0.2, -0.15) is 0 Å². The maximum atomic E-state index is 11.6. The van der Waals surface area contributed by atoms with Crippen molar-refractivity contribution in [1.82, 2.24) is 0 Å². The Bertz CT molecular complexity index is 232. The molecule has 2 saturated carbocycles. The van der Waals surface area contributed by atoms with Gasteiger partial charge in [0.1, 0.15) is 0 Å². The van der Waals surface area contributed by atoms with Crippen LogP contribution in [0.15, 0.2) is 0 Å². The minimum atomic E-state index is 0.0113. The highest BCUT2D eigenvalue weighted by Crippen LogP contribution is 2.59. The zero-order chi connectivity index (χ0) is 9.64. The summed E-state index contributed by atoms with van der Waals surface area (Å²) in [7, 11) is 1.50. The van der Waals surface area contributed by atoms with Gasteiger partial charge in [0.05, 0.1) is 13.0 Å². The summed E-state index contributed by atoms with van der Waals surface area (Å²) in [4.78, 5) is 11.6. The maximum absolute atomic E-state index is 11.6. The molecule has 2 aliphatic rings. The lowest BCUT2D eigenvalue weighted by atomic mass is 9.69. The number of carbonyl (C=O) groups excluding carboxylic acids is 1. The van der Waals surface area contributed by atoms with Gasteiger partial charge in [0.15, 0.2) is 0 Å². The van der Waals surface area contributed by atoms with E-state index in [0.717, 1.165) is 5.92 Å². The molecule has 2 fully saturated rings. The van der Waals surface area contributed by atoms with Gasteiger partial charge in [-0.05, 0) is 36.5 Å². The van der Waals surface area contributed by atoms with Gasteiger partial charge in [-0.25, -0.2) is 0 Å². The Morgan fingerprint density at radius 1 is 1.38 bits per heavy atom. The lowest BCUT2D eigenvalue weighted by molar-refractivity contribution is -0.152. The Morgan fingerprint density at radius 3 is 2.54 bits per heavy atom. The van der Waals surface area contributed by atoms with Gasteiger partial charge in [-0.3, -0.25) is 4.79 Å². The van der Waals surface area contributed by atoms with Crippen molar-refractivity contribution in [2.75, 3.05) is 7.11 Å². The lowest BCUT2D eigenvalue weighted by Gasteiger charge is -2.36. The summed E-state index contributed by atoms with van der Waals surface area (Å²) in [6, 6.07) is 0. The largest absolute Gasteiger partial charge is 0.469 e. The summed E-state index contributed by atoms with van der Waals surface area (Å²) in [6.07, 6.45) is 3.78. The Balaban J connectivity index is 2.23. The Kier molecular flexibility index (Phi) is 1.90. The monoisotopic (exact) mass is 182 g/mol. The van der Waals surface area contributed by atoms with Crippen molar-refractivity contribution < 1.29 is 9.53 Å². The number of fused-ring (bicyclic) bond motifs is 2. The molecule has 0 radical (unpaired) electrons. The van der Waals surface area contributed by atoms with Crippen molar-refractivity contribution in [2.24, 2.45) is 23.2 Å². The molecular formula is C11H18O2. The van der Waals surface area contributed by atoms with Crippen molar-refractivity contribution >= 4 is 5.97 Å². The molecule has 2 rings (SSSR count). The molecule has 0 amide bonds. The van der Waals surface area contributed by atoms with Crippen LogP contribution in [0.4, 0.5) is 0 Å². The fourth-order valence-corrected chi connectivity index (χ4v) is 3.48. The zero-order valence-corrected chi connectivity index (χ0v) is 8.67. The van der Waals surface area contributed by atoms with E-state index in [0.29, 0.717) is 5.92 Å². The summed E-state index contributed by atoms with van der Waals surface area (Å²) >= 11 is 0. The van der Waals surface area contributed by atoms with E-state index in [1.54, 1.807) is 0 Å². The summed E-state index contributed by atoms with van der Waals surface area (Å²) in [5.74, 6) is 1.53. The minimum absolute atomic E-state index is 0.0113. The Hall–Kier alpha value is -0.530. The van der Waals surface area contributed by atoms with Gasteiger partial charge in [-0.1, -0.05) is 13.8 Å². The third-order valence-corrected chi connectivity index (χ3v) is 4.25.